The average molecular weight is 412 g/mol. The van der Waals surface area contributed by atoms with E-state index in [-0.39, 0.29) is 17.7 Å². The van der Waals surface area contributed by atoms with Gasteiger partial charge < -0.3 is 19.8 Å². The van der Waals surface area contributed by atoms with Crippen LogP contribution >= 0.6 is 0 Å². The van der Waals surface area contributed by atoms with Crippen molar-refractivity contribution in [3.8, 4) is 5.75 Å². The summed E-state index contributed by atoms with van der Waals surface area (Å²) in [7, 11) is 0. The zero-order valence-electron chi connectivity index (χ0n) is 17.5. The summed E-state index contributed by atoms with van der Waals surface area (Å²) in [6.45, 7) is 9.00. The number of rotatable bonds is 7. The lowest BCUT2D eigenvalue weighted by molar-refractivity contribution is -0.134. The molecule has 2 heterocycles. The first-order chi connectivity index (χ1) is 14.2. The molecular formula is C23H28N2O5. The van der Waals surface area contributed by atoms with Crippen molar-refractivity contribution in [2.24, 2.45) is 11.7 Å². The average Bonchev–Trinajstić information content (AvgIpc) is 2.70. The number of nitrogens with two attached hydrogens (primary N) is 1. The van der Waals surface area contributed by atoms with Crippen LogP contribution in [0.4, 0.5) is 0 Å². The van der Waals surface area contributed by atoms with Crippen molar-refractivity contribution < 1.29 is 18.7 Å². The molecule has 1 aliphatic rings. The summed E-state index contributed by atoms with van der Waals surface area (Å²) in [5.74, 6) is 0.188. The molecule has 160 valence electrons. The summed E-state index contributed by atoms with van der Waals surface area (Å²) in [5.41, 5.74) is 7.97. The Labute approximate surface area is 175 Å². The molecule has 3 rings (SSSR count). The number of piperidine rings is 1. The molecule has 0 bridgehead atoms. The fourth-order valence-electron chi connectivity index (χ4n) is 3.73. The monoisotopic (exact) mass is 412 g/mol. The third-order valence-corrected chi connectivity index (χ3v) is 5.46. The van der Waals surface area contributed by atoms with Crippen LogP contribution in [0.5, 0.6) is 5.75 Å². The number of hydrogen-bond donors (Lipinski definition) is 1. The van der Waals surface area contributed by atoms with Crippen LogP contribution in [-0.4, -0.2) is 36.4 Å². The number of ether oxygens (including phenoxy) is 1. The molecular weight excluding hydrogens is 384 g/mol. The summed E-state index contributed by atoms with van der Waals surface area (Å²) >= 11 is 0. The molecule has 0 aliphatic carbocycles. The van der Waals surface area contributed by atoms with Gasteiger partial charge in [0.05, 0.1) is 0 Å². The Kier molecular flexibility index (Phi) is 6.59. The van der Waals surface area contributed by atoms with Crippen LogP contribution in [0.25, 0.3) is 11.0 Å². The van der Waals surface area contributed by atoms with Crippen LogP contribution in [0.3, 0.4) is 0 Å². The number of fused-ring (bicyclic) bond motifs is 1. The summed E-state index contributed by atoms with van der Waals surface area (Å²) in [6, 6.07) is 5.09. The van der Waals surface area contributed by atoms with Crippen molar-refractivity contribution >= 4 is 22.8 Å². The van der Waals surface area contributed by atoms with Crippen molar-refractivity contribution in [3.63, 3.8) is 0 Å². The standard InChI is InChI=1S/C23H28N2O5/c1-14(2)13-29-19-12-20-18(15(3)10-22(27)30-20)11-17(19)4-5-21(26)25-8-6-16(7-9-25)23(24)28/h10-12,16H,1,4-9,13H2,2-3H3,(H2,24,28). The van der Waals surface area contributed by atoms with Crippen LogP contribution in [-0.2, 0) is 16.0 Å². The molecule has 0 saturated carbocycles. The van der Waals surface area contributed by atoms with Crippen molar-refractivity contribution in [2.75, 3.05) is 19.7 Å². The number of carbonyl (C=O) groups is 2. The molecule has 0 atom stereocenters. The minimum Gasteiger partial charge on any atom is -0.489 e. The maximum Gasteiger partial charge on any atom is 0.336 e. The van der Waals surface area contributed by atoms with E-state index in [1.807, 2.05) is 19.9 Å². The number of aryl methyl sites for hydroxylation is 2. The first kappa shape index (κ1) is 21.6. The van der Waals surface area contributed by atoms with E-state index in [0.29, 0.717) is 56.7 Å². The molecule has 0 spiro atoms. The van der Waals surface area contributed by atoms with Crippen LogP contribution < -0.4 is 16.1 Å². The number of hydrogen-bond acceptors (Lipinski definition) is 5. The summed E-state index contributed by atoms with van der Waals surface area (Å²) in [5, 5.41) is 0.821. The van der Waals surface area contributed by atoms with E-state index in [4.69, 9.17) is 14.9 Å². The molecule has 2 aromatic rings. The Morgan fingerprint density at radius 1 is 1.27 bits per heavy atom. The highest BCUT2D eigenvalue weighted by atomic mass is 16.5. The van der Waals surface area contributed by atoms with Crippen molar-refractivity contribution in [3.05, 3.63) is 51.9 Å². The van der Waals surface area contributed by atoms with Gasteiger partial charge in [-0.05, 0) is 55.9 Å². The maximum absolute atomic E-state index is 12.7. The van der Waals surface area contributed by atoms with E-state index in [0.717, 1.165) is 22.1 Å². The second-order valence-electron chi connectivity index (χ2n) is 8.01. The molecule has 30 heavy (non-hydrogen) atoms. The van der Waals surface area contributed by atoms with Gasteiger partial charge in [-0.1, -0.05) is 6.58 Å². The van der Waals surface area contributed by atoms with E-state index in [1.165, 1.54) is 6.07 Å². The third-order valence-electron chi connectivity index (χ3n) is 5.46. The van der Waals surface area contributed by atoms with Gasteiger partial charge in [0, 0.05) is 42.9 Å². The van der Waals surface area contributed by atoms with Gasteiger partial charge in [0.2, 0.25) is 11.8 Å². The fourth-order valence-corrected chi connectivity index (χ4v) is 3.73. The van der Waals surface area contributed by atoms with Gasteiger partial charge in [0.15, 0.2) is 0 Å². The summed E-state index contributed by atoms with van der Waals surface area (Å²) in [6.07, 6.45) is 2.05. The number of nitrogens with zero attached hydrogens (tertiary/aromatic N) is 1. The van der Waals surface area contributed by atoms with Gasteiger partial charge in [-0.25, -0.2) is 4.79 Å². The van der Waals surface area contributed by atoms with Crippen LogP contribution in [0.2, 0.25) is 0 Å². The molecule has 2 amide bonds. The Balaban J connectivity index is 1.77. The first-order valence-electron chi connectivity index (χ1n) is 10.2. The lowest BCUT2D eigenvalue weighted by Gasteiger charge is -2.30. The van der Waals surface area contributed by atoms with E-state index >= 15 is 0 Å². The fraction of sp³-hybridized carbons (Fsp3) is 0.435. The number of benzene rings is 1. The second kappa shape index (κ2) is 9.15. The molecule has 1 aromatic heterocycles. The van der Waals surface area contributed by atoms with E-state index in [9.17, 15) is 14.4 Å². The second-order valence-corrected chi connectivity index (χ2v) is 8.01. The zero-order valence-corrected chi connectivity index (χ0v) is 17.5. The Morgan fingerprint density at radius 3 is 2.60 bits per heavy atom. The van der Waals surface area contributed by atoms with E-state index in [2.05, 4.69) is 6.58 Å². The number of likely N-dealkylation sites (tertiary alicyclic amines) is 1. The number of amides is 2. The van der Waals surface area contributed by atoms with Gasteiger partial charge in [0.25, 0.3) is 0 Å². The summed E-state index contributed by atoms with van der Waals surface area (Å²) in [4.78, 5) is 37.5. The van der Waals surface area contributed by atoms with E-state index in [1.54, 1.807) is 11.0 Å². The SMILES string of the molecule is C=C(C)COc1cc2oc(=O)cc(C)c2cc1CCC(=O)N1CCC(C(N)=O)CC1. The van der Waals surface area contributed by atoms with Gasteiger partial charge in [0.1, 0.15) is 17.9 Å². The number of primary amides is 1. The Bertz CT molecular complexity index is 1030. The van der Waals surface area contributed by atoms with Crippen molar-refractivity contribution in [2.45, 2.75) is 39.5 Å². The molecule has 0 radical (unpaired) electrons. The molecule has 7 nitrogen and oxygen atoms in total. The molecule has 1 aromatic carbocycles. The summed E-state index contributed by atoms with van der Waals surface area (Å²) < 4.78 is 11.2. The molecule has 7 heteroatoms. The Morgan fingerprint density at radius 2 is 1.97 bits per heavy atom. The van der Waals surface area contributed by atoms with Gasteiger partial charge >= 0.3 is 5.63 Å². The lowest BCUT2D eigenvalue weighted by Crippen LogP contribution is -2.41. The third kappa shape index (κ3) is 5.09. The van der Waals surface area contributed by atoms with Gasteiger partial charge in [-0.3, -0.25) is 9.59 Å². The molecule has 0 unspecified atom stereocenters. The van der Waals surface area contributed by atoms with E-state index < -0.39 is 5.63 Å². The highest BCUT2D eigenvalue weighted by molar-refractivity contribution is 5.83. The largest absolute Gasteiger partial charge is 0.489 e. The normalized spacial score (nSPS) is 14.7. The van der Waals surface area contributed by atoms with Gasteiger partial charge in [-0.15, -0.1) is 0 Å². The minimum absolute atomic E-state index is 0.0418. The molecule has 1 saturated heterocycles. The quantitative estimate of drug-likeness (QED) is 0.556. The minimum atomic E-state index is -0.409. The highest BCUT2D eigenvalue weighted by Crippen LogP contribution is 2.29. The van der Waals surface area contributed by atoms with Crippen LogP contribution in [0.15, 0.2) is 39.6 Å². The van der Waals surface area contributed by atoms with Crippen molar-refractivity contribution in [1.82, 2.24) is 4.90 Å². The number of carbonyl (C=O) groups excluding carboxylic acids is 2. The van der Waals surface area contributed by atoms with Crippen molar-refractivity contribution in [1.29, 1.82) is 0 Å². The van der Waals surface area contributed by atoms with Gasteiger partial charge in [-0.2, -0.15) is 0 Å². The Hall–Kier alpha value is -3.09. The predicted molar refractivity (Wildman–Crippen MR) is 114 cm³/mol. The topological polar surface area (TPSA) is 103 Å². The smallest absolute Gasteiger partial charge is 0.336 e. The predicted octanol–water partition coefficient (Wildman–Crippen LogP) is 2.71. The molecule has 1 aliphatic heterocycles. The lowest BCUT2D eigenvalue weighted by atomic mass is 9.96. The first-order valence-corrected chi connectivity index (χ1v) is 10.2. The van der Waals surface area contributed by atoms with Crippen LogP contribution in [0, 0.1) is 12.8 Å². The van der Waals surface area contributed by atoms with Crippen LogP contribution in [0.1, 0.15) is 37.3 Å². The highest BCUT2D eigenvalue weighted by Gasteiger charge is 2.25. The molecule has 2 N–H and O–H groups in total. The maximum atomic E-state index is 12.7. The zero-order chi connectivity index (χ0) is 21.8. The molecule has 1 fully saturated rings.